The third-order valence-corrected chi connectivity index (χ3v) is 4.81. The summed E-state index contributed by atoms with van der Waals surface area (Å²) in [6.45, 7) is 2.99. The number of rotatable bonds is 2. The van der Waals surface area contributed by atoms with Crippen LogP contribution < -0.4 is 4.90 Å². The van der Waals surface area contributed by atoms with Gasteiger partial charge in [-0.25, -0.2) is 4.79 Å². The van der Waals surface area contributed by atoms with Crippen molar-refractivity contribution in [3.63, 3.8) is 0 Å². The molecule has 0 saturated carbocycles. The molecule has 0 fully saturated rings. The molecular formula is C12H13I2NO2. The molecule has 3 nitrogen and oxygen atoms in total. The Labute approximate surface area is 128 Å². The maximum atomic E-state index is 11.9. The lowest BCUT2D eigenvalue weighted by Gasteiger charge is -2.16. The first-order valence-electron chi connectivity index (χ1n) is 5.47. The number of amides is 1. The summed E-state index contributed by atoms with van der Waals surface area (Å²) >= 11 is 4.71. The molecule has 0 N–H and O–H groups in total. The fraction of sp³-hybridized carbons (Fsp3) is 0.417. The molecule has 0 bridgehead atoms. The van der Waals surface area contributed by atoms with Crippen LogP contribution in [0.25, 0.3) is 0 Å². The fourth-order valence-corrected chi connectivity index (χ4v) is 3.72. The van der Waals surface area contributed by atoms with E-state index < -0.39 is 0 Å². The summed E-state index contributed by atoms with van der Waals surface area (Å²) in [7, 11) is 0. The smallest absolute Gasteiger partial charge is 0.414 e. The molecule has 0 aliphatic carbocycles. The van der Waals surface area contributed by atoms with Gasteiger partial charge in [0.05, 0.1) is 12.3 Å². The zero-order chi connectivity index (χ0) is 12.4. The van der Waals surface area contributed by atoms with Crippen LogP contribution in [0.3, 0.4) is 0 Å². The van der Waals surface area contributed by atoms with E-state index in [4.69, 9.17) is 4.74 Å². The highest BCUT2D eigenvalue weighted by Crippen LogP contribution is 2.40. The van der Waals surface area contributed by atoms with E-state index in [-0.39, 0.29) is 6.09 Å². The van der Waals surface area contributed by atoms with Gasteiger partial charge in [0.1, 0.15) is 0 Å². The van der Waals surface area contributed by atoms with E-state index in [0.717, 1.165) is 16.7 Å². The number of carbonyl (C=O) groups is 1. The maximum absolute atomic E-state index is 11.9. The molecular weight excluding hydrogens is 444 g/mol. The SMILES string of the molecule is CCOC(=O)N1CC(CI)c2c(I)cccc21. The number of alkyl halides is 1. The maximum Gasteiger partial charge on any atom is 0.414 e. The molecule has 0 spiro atoms. The molecule has 0 aromatic heterocycles. The molecule has 2 rings (SSSR count). The van der Waals surface area contributed by atoms with E-state index in [1.165, 1.54) is 9.13 Å². The van der Waals surface area contributed by atoms with Gasteiger partial charge in [0.15, 0.2) is 0 Å². The summed E-state index contributed by atoms with van der Waals surface area (Å²) in [6, 6.07) is 6.08. The van der Waals surface area contributed by atoms with Gasteiger partial charge in [-0.1, -0.05) is 28.7 Å². The van der Waals surface area contributed by atoms with Crippen molar-refractivity contribution in [1.82, 2.24) is 0 Å². The Balaban J connectivity index is 2.37. The largest absolute Gasteiger partial charge is 0.449 e. The van der Waals surface area contributed by atoms with Crippen molar-refractivity contribution in [3.05, 3.63) is 27.3 Å². The van der Waals surface area contributed by atoms with Gasteiger partial charge in [0.2, 0.25) is 0 Å². The van der Waals surface area contributed by atoms with Gasteiger partial charge < -0.3 is 4.74 Å². The van der Waals surface area contributed by atoms with E-state index >= 15 is 0 Å². The van der Waals surface area contributed by atoms with Crippen LogP contribution in [0, 0.1) is 3.57 Å². The predicted octanol–water partition coefficient (Wildman–Crippen LogP) is 3.79. The minimum absolute atomic E-state index is 0.233. The molecule has 1 aliphatic heterocycles. The summed E-state index contributed by atoms with van der Waals surface area (Å²) in [5.74, 6) is 0.420. The summed E-state index contributed by atoms with van der Waals surface area (Å²) in [6.07, 6.45) is -0.233. The monoisotopic (exact) mass is 457 g/mol. The zero-order valence-corrected chi connectivity index (χ0v) is 13.8. The third-order valence-electron chi connectivity index (χ3n) is 2.81. The average Bonchev–Trinajstić information content (AvgIpc) is 2.69. The highest BCUT2D eigenvalue weighted by atomic mass is 127. The van der Waals surface area contributed by atoms with Crippen LogP contribution in [0.2, 0.25) is 0 Å². The van der Waals surface area contributed by atoms with Crippen LogP contribution in [-0.4, -0.2) is 23.7 Å². The standard InChI is InChI=1S/C12H13I2NO2/c1-2-17-12(16)15-7-8(6-13)11-9(14)4-3-5-10(11)15/h3-5,8H,2,6-7H2,1H3. The Kier molecular flexibility index (Phi) is 4.51. The Morgan fingerprint density at radius 1 is 1.59 bits per heavy atom. The number of nitrogens with zero attached hydrogens (tertiary/aromatic N) is 1. The molecule has 1 amide bonds. The molecule has 1 aromatic carbocycles. The van der Waals surface area contributed by atoms with Crippen molar-refractivity contribution < 1.29 is 9.53 Å². The number of carbonyl (C=O) groups excluding carboxylic acids is 1. The van der Waals surface area contributed by atoms with E-state index in [1.807, 2.05) is 19.1 Å². The number of benzene rings is 1. The lowest BCUT2D eigenvalue weighted by Crippen LogP contribution is -2.30. The molecule has 17 heavy (non-hydrogen) atoms. The molecule has 1 heterocycles. The van der Waals surface area contributed by atoms with Crippen LogP contribution in [0.15, 0.2) is 18.2 Å². The molecule has 92 valence electrons. The topological polar surface area (TPSA) is 29.5 Å². The number of halogens is 2. The average molecular weight is 457 g/mol. The minimum atomic E-state index is -0.233. The number of hydrogen-bond acceptors (Lipinski definition) is 2. The first-order chi connectivity index (χ1) is 8.19. The van der Waals surface area contributed by atoms with Crippen LogP contribution >= 0.6 is 45.2 Å². The van der Waals surface area contributed by atoms with Crippen molar-refractivity contribution >= 4 is 57.0 Å². The highest BCUT2D eigenvalue weighted by Gasteiger charge is 2.33. The Morgan fingerprint density at radius 3 is 3.00 bits per heavy atom. The number of fused-ring (bicyclic) bond motifs is 1. The van der Waals surface area contributed by atoms with Crippen molar-refractivity contribution in [2.75, 3.05) is 22.5 Å². The molecule has 1 aromatic rings. The Hall–Kier alpha value is -0.0500. The second-order valence-electron chi connectivity index (χ2n) is 3.83. The van der Waals surface area contributed by atoms with E-state index in [2.05, 4.69) is 51.2 Å². The fourth-order valence-electron chi connectivity index (χ4n) is 2.08. The quantitative estimate of drug-likeness (QED) is 0.500. The van der Waals surface area contributed by atoms with Crippen molar-refractivity contribution in [2.24, 2.45) is 0 Å². The second kappa shape index (κ2) is 5.73. The van der Waals surface area contributed by atoms with Gasteiger partial charge in [0.25, 0.3) is 0 Å². The van der Waals surface area contributed by atoms with Gasteiger partial charge in [-0.15, -0.1) is 0 Å². The van der Waals surface area contributed by atoms with Crippen LogP contribution in [0.4, 0.5) is 10.5 Å². The lowest BCUT2D eigenvalue weighted by atomic mass is 10.0. The first-order valence-corrected chi connectivity index (χ1v) is 8.08. The first kappa shape index (κ1) is 13.4. The lowest BCUT2D eigenvalue weighted by molar-refractivity contribution is 0.160. The molecule has 1 aliphatic rings. The van der Waals surface area contributed by atoms with Crippen LogP contribution in [0.5, 0.6) is 0 Å². The molecule has 1 unspecified atom stereocenters. The summed E-state index contributed by atoms with van der Waals surface area (Å²) in [5.41, 5.74) is 2.30. The van der Waals surface area contributed by atoms with Gasteiger partial charge in [-0.05, 0) is 47.2 Å². The highest BCUT2D eigenvalue weighted by molar-refractivity contribution is 14.1. The van der Waals surface area contributed by atoms with Gasteiger partial charge in [-0.3, -0.25) is 4.90 Å². The number of hydrogen-bond donors (Lipinski definition) is 0. The molecule has 0 saturated heterocycles. The summed E-state index contributed by atoms with van der Waals surface area (Å²) < 4.78 is 7.34. The number of ether oxygens (including phenoxy) is 1. The molecule has 1 atom stereocenters. The Bertz CT molecular complexity index is 437. The van der Waals surface area contributed by atoms with Crippen molar-refractivity contribution in [2.45, 2.75) is 12.8 Å². The van der Waals surface area contributed by atoms with Crippen LogP contribution in [0.1, 0.15) is 18.4 Å². The predicted molar refractivity (Wildman–Crippen MR) is 85.2 cm³/mol. The van der Waals surface area contributed by atoms with Crippen LogP contribution in [-0.2, 0) is 4.74 Å². The van der Waals surface area contributed by atoms with Crippen molar-refractivity contribution in [1.29, 1.82) is 0 Å². The van der Waals surface area contributed by atoms with Gasteiger partial charge in [0, 0.05) is 20.5 Å². The normalized spacial score (nSPS) is 18.1. The van der Waals surface area contributed by atoms with E-state index in [0.29, 0.717) is 12.5 Å². The molecule has 0 radical (unpaired) electrons. The third kappa shape index (κ3) is 2.54. The second-order valence-corrected chi connectivity index (χ2v) is 5.88. The van der Waals surface area contributed by atoms with Gasteiger partial charge >= 0.3 is 6.09 Å². The van der Waals surface area contributed by atoms with Crippen molar-refractivity contribution in [3.8, 4) is 0 Å². The van der Waals surface area contributed by atoms with Gasteiger partial charge in [-0.2, -0.15) is 0 Å². The summed E-state index contributed by atoms with van der Waals surface area (Å²) in [4.78, 5) is 13.6. The van der Waals surface area contributed by atoms with E-state index in [1.54, 1.807) is 4.90 Å². The minimum Gasteiger partial charge on any atom is -0.449 e. The summed E-state index contributed by atoms with van der Waals surface area (Å²) in [5, 5.41) is 0. The number of anilines is 1. The Morgan fingerprint density at radius 2 is 2.35 bits per heavy atom. The zero-order valence-electron chi connectivity index (χ0n) is 9.45. The van der Waals surface area contributed by atoms with E-state index in [9.17, 15) is 4.79 Å². The molecule has 5 heteroatoms.